The standard InChI is InChI=1S/C13H22N6/c1-4-18-5-6-19(8-10(18)3)13-16-9(2)7-11(17-13)12(14)15/h7,10H,4-6,8H2,1-3H3,(H3,14,15). The molecular weight excluding hydrogens is 240 g/mol. The van der Waals surface area contributed by atoms with Crippen molar-refractivity contribution in [2.45, 2.75) is 26.8 Å². The molecule has 19 heavy (non-hydrogen) atoms. The fourth-order valence-electron chi connectivity index (χ4n) is 2.48. The average molecular weight is 262 g/mol. The van der Waals surface area contributed by atoms with E-state index < -0.39 is 0 Å². The van der Waals surface area contributed by atoms with E-state index in [2.05, 4.69) is 33.6 Å². The summed E-state index contributed by atoms with van der Waals surface area (Å²) in [6, 6.07) is 2.24. The Morgan fingerprint density at radius 3 is 2.79 bits per heavy atom. The van der Waals surface area contributed by atoms with Crippen molar-refractivity contribution in [1.82, 2.24) is 14.9 Å². The van der Waals surface area contributed by atoms with E-state index in [9.17, 15) is 0 Å². The van der Waals surface area contributed by atoms with Crippen LogP contribution in [0.3, 0.4) is 0 Å². The number of aromatic nitrogens is 2. The fourth-order valence-corrected chi connectivity index (χ4v) is 2.48. The maximum absolute atomic E-state index is 7.50. The molecule has 2 heterocycles. The highest BCUT2D eigenvalue weighted by atomic mass is 15.3. The number of hydrogen-bond donors (Lipinski definition) is 2. The number of amidine groups is 1. The van der Waals surface area contributed by atoms with Gasteiger partial charge in [0.2, 0.25) is 5.95 Å². The zero-order valence-corrected chi connectivity index (χ0v) is 11.8. The molecule has 1 aromatic rings. The normalized spacial score (nSPS) is 20.6. The second-order valence-electron chi connectivity index (χ2n) is 5.03. The topological polar surface area (TPSA) is 82.1 Å². The van der Waals surface area contributed by atoms with Crippen LogP contribution < -0.4 is 10.6 Å². The van der Waals surface area contributed by atoms with Gasteiger partial charge in [0.25, 0.3) is 0 Å². The lowest BCUT2D eigenvalue weighted by Gasteiger charge is -2.39. The third-order valence-corrected chi connectivity index (χ3v) is 3.57. The first kappa shape index (κ1) is 13.7. The minimum atomic E-state index is -0.00741. The monoisotopic (exact) mass is 262 g/mol. The summed E-state index contributed by atoms with van der Waals surface area (Å²) >= 11 is 0. The van der Waals surface area contributed by atoms with Crippen molar-refractivity contribution in [3.05, 3.63) is 17.5 Å². The number of aryl methyl sites for hydroxylation is 1. The molecule has 2 rings (SSSR count). The zero-order valence-electron chi connectivity index (χ0n) is 11.8. The lowest BCUT2D eigenvalue weighted by molar-refractivity contribution is 0.198. The van der Waals surface area contributed by atoms with E-state index in [1.54, 1.807) is 6.07 Å². The van der Waals surface area contributed by atoms with Crippen LogP contribution in [0.15, 0.2) is 6.07 Å². The van der Waals surface area contributed by atoms with Gasteiger partial charge in [-0.3, -0.25) is 10.3 Å². The van der Waals surface area contributed by atoms with E-state index >= 15 is 0 Å². The Hall–Kier alpha value is -1.69. The smallest absolute Gasteiger partial charge is 0.226 e. The van der Waals surface area contributed by atoms with Gasteiger partial charge in [0, 0.05) is 31.4 Å². The highest BCUT2D eigenvalue weighted by Gasteiger charge is 2.24. The van der Waals surface area contributed by atoms with Crippen LogP contribution in [0, 0.1) is 12.3 Å². The number of nitrogens with zero attached hydrogens (tertiary/aromatic N) is 4. The second-order valence-corrected chi connectivity index (χ2v) is 5.03. The third kappa shape index (κ3) is 3.01. The molecule has 104 valence electrons. The summed E-state index contributed by atoms with van der Waals surface area (Å²) in [6.45, 7) is 10.2. The summed E-state index contributed by atoms with van der Waals surface area (Å²) in [5, 5.41) is 7.50. The zero-order chi connectivity index (χ0) is 14.0. The van der Waals surface area contributed by atoms with Gasteiger partial charge >= 0.3 is 0 Å². The Labute approximate surface area is 114 Å². The van der Waals surface area contributed by atoms with E-state index in [0.717, 1.165) is 31.9 Å². The van der Waals surface area contributed by atoms with Crippen LogP contribution in [0.2, 0.25) is 0 Å². The second kappa shape index (κ2) is 5.52. The SMILES string of the molecule is CCN1CCN(c2nc(C)cc(C(=N)N)n2)CC1C. The molecule has 6 heteroatoms. The molecule has 1 aliphatic heterocycles. The number of rotatable bonds is 3. The molecular formula is C13H22N6. The number of hydrogen-bond acceptors (Lipinski definition) is 5. The number of piperazine rings is 1. The number of likely N-dealkylation sites (N-methyl/N-ethyl adjacent to an activating group) is 1. The first-order valence-corrected chi connectivity index (χ1v) is 6.70. The fraction of sp³-hybridized carbons (Fsp3) is 0.615. The molecule has 0 saturated carbocycles. The van der Waals surface area contributed by atoms with Gasteiger partial charge in [-0.25, -0.2) is 9.97 Å². The van der Waals surface area contributed by atoms with Gasteiger partial charge in [-0.05, 0) is 26.5 Å². The maximum atomic E-state index is 7.50. The minimum Gasteiger partial charge on any atom is -0.382 e. The van der Waals surface area contributed by atoms with Crippen LogP contribution in [0.4, 0.5) is 5.95 Å². The summed E-state index contributed by atoms with van der Waals surface area (Å²) in [5.74, 6) is 0.680. The van der Waals surface area contributed by atoms with Crippen molar-refractivity contribution in [2.24, 2.45) is 5.73 Å². The number of nitrogen functional groups attached to an aromatic ring is 1. The highest BCUT2D eigenvalue weighted by molar-refractivity contribution is 5.93. The molecule has 1 saturated heterocycles. The van der Waals surface area contributed by atoms with Crippen molar-refractivity contribution in [3.63, 3.8) is 0 Å². The van der Waals surface area contributed by atoms with Gasteiger partial charge in [0.05, 0.1) is 0 Å². The lowest BCUT2D eigenvalue weighted by Crippen LogP contribution is -2.52. The van der Waals surface area contributed by atoms with Crippen LogP contribution in [0.5, 0.6) is 0 Å². The summed E-state index contributed by atoms with van der Waals surface area (Å²) in [4.78, 5) is 13.5. The van der Waals surface area contributed by atoms with Crippen molar-refractivity contribution in [1.29, 1.82) is 5.41 Å². The summed E-state index contributed by atoms with van der Waals surface area (Å²) in [7, 11) is 0. The lowest BCUT2D eigenvalue weighted by atomic mass is 10.2. The van der Waals surface area contributed by atoms with Crippen molar-refractivity contribution < 1.29 is 0 Å². The van der Waals surface area contributed by atoms with Crippen LogP contribution in [-0.4, -0.2) is 52.9 Å². The van der Waals surface area contributed by atoms with Crippen molar-refractivity contribution >= 4 is 11.8 Å². The molecule has 3 N–H and O–H groups in total. The van der Waals surface area contributed by atoms with E-state index in [0.29, 0.717) is 17.7 Å². The summed E-state index contributed by atoms with van der Waals surface area (Å²) in [5.41, 5.74) is 6.87. The molecule has 1 fully saturated rings. The van der Waals surface area contributed by atoms with Gasteiger partial charge < -0.3 is 10.6 Å². The Bertz CT molecular complexity index is 472. The van der Waals surface area contributed by atoms with Crippen LogP contribution in [0.25, 0.3) is 0 Å². The van der Waals surface area contributed by atoms with Crippen molar-refractivity contribution in [2.75, 3.05) is 31.1 Å². The molecule has 0 aliphatic carbocycles. The Balaban J connectivity index is 2.21. The van der Waals surface area contributed by atoms with Gasteiger partial charge in [-0.1, -0.05) is 6.92 Å². The van der Waals surface area contributed by atoms with Crippen LogP contribution >= 0.6 is 0 Å². The minimum absolute atomic E-state index is 0.00741. The first-order valence-electron chi connectivity index (χ1n) is 6.70. The number of nitrogens with one attached hydrogen (secondary N) is 1. The Morgan fingerprint density at radius 1 is 1.47 bits per heavy atom. The van der Waals surface area contributed by atoms with Gasteiger partial charge in [-0.2, -0.15) is 0 Å². The van der Waals surface area contributed by atoms with Gasteiger partial charge in [0.15, 0.2) is 0 Å². The Kier molecular flexibility index (Phi) is 3.99. The van der Waals surface area contributed by atoms with Crippen LogP contribution in [-0.2, 0) is 0 Å². The Morgan fingerprint density at radius 2 is 2.21 bits per heavy atom. The molecule has 0 amide bonds. The van der Waals surface area contributed by atoms with Crippen molar-refractivity contribution in [3.8, 4) is 0 Å². The third-order valence-electron chi connectivity index (χ3n) is 3.57. The summed E-state index contributed by atoms with van der Waals surface area (Å²) in [6.07, 6.45) is 0. The quantitative estimate of drug-likeness (QED) is 0.616. The van der Waals surface area contributed by atoms with E-state index in [1.165, 1.54) is 0 Å². The summed E-state index contributed by atoms with van der Waals surface area (Å²) < 4.78 is 0. The van der Waals surface area contributed by atoms with E-state index in [4.69, 9.17) is 11.1 Å². The molecule has 1 unspecified atom stereocenters. The number of anilines is 1. The van der Waals surface area contributed by atoms with Gasteiger partial charge in [0.1, 0.15) is 11.5 Å². The number of nitrogens with two attached hydrogens (primary N) is 1. The molecule has 0 aromatic carbocycles. The van der Waals surface area contributed by atoms with E-state index in [1.807, 2.05) is 6.92 Å². The van der Waals surface area contributed by atoms with Gasteiger partial charge in [-0.15, -0.1) is 0 Å². The molecule has 0 bridgehead atoms. The molecule has 6 nitrogen and oxygen atoms in total. The average Bonchev–Trinajstić information content (AvgIpc) is 2.37. The predicted molar refractivity (Wildman–Crippen MR) is 76.7 cm³/mol. The predicted octanol–water partition coefficient (Wildman–Crippen LogP) is 0.599. The molecule has 1 aromatic heterocycles. The molecule has 1 atom stereocenters. The van der Waals surface area contributed by atoms with Crippen LogP contribution in [0.1, 0.15) is 25.2 Å². The molecule has 0 spiro atoms. The first-order chi connectivity index (χ1) is 9.01. The van der Waals surface area contributed by atoms with E-state index in [-0.39, 0.29) is 5.84 Å². The highest BCUT2D eigenvalue weighted by Crippen LogP contribution is 2.16. The molecule has 0 radical (unpaired) electrons. The largest absolute Gasteiger partial charge is 0.382 e. The molecule has 1 aliphatic rings. The maximum Gasteiger partial charge on any atom is 0.226 e.